The number of hydrogen-bond acceptors (Lipinski definition) is 5. The Morgan fingerprint density at radius 2 is 2.29 bits per heavy atom. The molecule has 0 aromatic carbocycles. The van der Waals surface area contributed by atoms with Crippen LogP contribution in [0.4, 0.5) is 5.69 Å². The van der Waals surface area contributed by atoms with Crippen LogP contribution in [0.1, 0.15) is 11.5 Å². The second-order valence-electron chi connectivity index (χ2n) is 3.32. The van der Waals surface area contributed by atoms with Crippen LogP contribution < -0.4 is 10.1 Å². The molecule has 2 rings (SSSR count). The fourth-order valence-corrected chi connectivity index (χ4v) is 1.33. The average molecular weight is 229 g/mol. The molecule has 2 aromatic heterocycles. The third-order valence-corrected chi connectivity index (χ3v) is 2.18. The minimum absolute atomic E-state index is 0.314. The highest BCUT2D eigenvalue weighted by molar-refractivity contribution is 5.42. The molecule has 2 heterocycles. The monoisotopic (exact) mass is 229 g/mol. The highest BCUT2D eigenvalue weighted by atomic mass is 16.5. The van der Waals surface area contributed by atoms with Crippen LogP contribution in [0.2, 0.25) is 0 Å². The Morgan fingerprint density at radius 1 is 1.41 bits per heavy atom. The predicted molar refractivity (Wildman–Crippen MR) is 61.5 cm³/mol. The Labute approximate surface area is 98.7 Å². The normalized spacial score (nSPS) is 9.65. The fraction of sp³-hybridized carbons (Fsp3) is 0.167. The molecule has 0 saturated heterocycles. The number of nitrogens with zero attached hydrogens (tertiary/aromatic N) is 2. The van der Waals surface area contributed by atoms with Crippen molar-refractivity contribution in [1.82, 2.24) is 4.98 Å². The highest BCUT2D eigenvalue weighted by Crippen LogP contribution is 2.13. The molecule has 0 spiro atoms. The van der Waals surface area contributed by atoms with Crippen molar-refractivity contribution < 1.29 is 9.15 Å². The molecule has 5 nitrogen and oxygen atoms in total. The third-order valence-electron chi connectivity index (χ3n) is 2.18. The summed E-state index contributed by atoms with van der Waals surface area (Å²) in [6, 6.07) is 8.98. The summed E-state index contributed by atoms with van der Waals surface area (Å²) in [6.07, 6.45) is 1.67. The molecular weight excluding hydrogens is 218 g/mol. The van der Waals surface area contributed by atoms with Gasteiger partial charge in [-0.15, -0.1) is 0 Å². The lowest BCUT2D eigenvalue weighted by molar-refractivity contribution is 0.398. The molecule has 0 aliphatic heterocycles. The van der Waals surface area contributed by atoms with E-state index in [0.29, 0.717) is 23.9 Å². The molecule has 0 aliphatic rings. The standard InChI is InChI=1S/C12H11N3O2/c1-16-12-5-2-9(7-15-12)14-8-11-4-3-10(6-13)17-11/h2-5,7,14H,8H2,1H3. The van der Waals surface area contributed by atoms with Gasteiger partial charge in [-0.25, -0.2) is 4.98 Å². The Kier molecular flexibility index (Phi) is 3.26. The summed E-state index contributed by atoms with van der Waals surface area (Å²) in [5.74, 6) is 1.59. The summed E-state index contributed by atoms with van der Waals surface area (Å²) in [5.41, 5.74) is 0.862. The Balaban J connectivity index is 1.95. The first-order chi connectivity index (χ1) is 8.31. The number of aromatic nitrogens is 1. The molecule has 0 saturated carbocycles. The van der Waals surface area contributed by atoms with E-state index in [1.165, 1.54) is 0 Å². The van der Waals surface area contributed by atoms with Crippen LogP contribution in [-0.2, 0) is 6.54 Å². The van der Waals surface area contributed by atoms with Gasteiger partial charge in [-0.3, -0.25) is 0 Å². The van der Waals surface area contributed by atoms with E-state index in [9.17, 15) is 0 Å². The van der Waals surface area contributed by atoms with Crippen LogP contribution >= 0.6 is 0 Å². The first-order valence-electron chi connectivity index (χ1n) is 5.04. The van der Waals surface area contributed by atoms with E-state index in [4.69, 9.17) is 14.4 Å². The van der Waals surface area contributed by atoms with Crippen molar-refractivity contribution in [2.24, 2.45) is 0 Å². The molecule has 5 heteroatoms. The molecule has 0 radical (unpaired) electrons. The fourth-order valence-electron chi connectivity index (χ4n) is 1.33. The van der Waals surface area contributed by atoms with E-state index in [0.717, 1.165) is 5.69 Å². The summed E-state index contributed by atoms with van der Waals surface area (Å²) >= 11 is 0. The van der Waals surface area contributed by atoms with Crippen LogP contribution in [0.5, 0.6) is 5.88 Å². The molecule has 17 heavy (non-hydrogen) atoms. The predicted octanol–water partition coefficient (Wildman–Crippen LogP) is 2.17. The summed E-state index contributed by atoms with van der Waals surface area (Å²) in [6.45, 7) is 0.510. The second kappa shape index (κ2) is 5.03. The van der Waals surface area contributed by atoms with Crippen molar-refractivity contribution in [3.8, 4) is 11.9 Å². The lowest BCUT2D eigenvalue weighted by atomic mass is 10.4. The van der Waals surface area contributed by atoms with Gasteiger partial charge in [0.05, 0.1) is 25.5 Å². The Hall–Kier alpha value is -2.48. The molecule has 0 amide bonds. The van der Waals surface area contributed by atoms with Gasteiger partial charge in [0.15, 0.2) is 0 Å². The van der Waals surface area contributed by atoms with Crippen molar-refractivity contribution in [3.05, 3.63) is 42.0 Å². The number of nitrogens with one attached hydrogen (secondary N) is 1. The number of furan rings is 1. The number of ether oxygens (including phenoxy) is 1. The molecule has 2 aromatic rings. The maximum atomic E-state index is 8.61. The molecule has 0 aliphatic carbocycles. The summed E-state index contributed by atoms with van der Waals surface area (Å²) in [4.78, 5) is 4.06. The van der Waals surface area contributed by atoms with E-state index in [-0.39, 0.29) is 0 Å². The SMILES string of the molecule is COc1ccc(NCc2ccc(C#N)o2)cn1. The van der Waals surface area contributed by atoms with Gasteiger partial charge in [0.2, 0.25) is 11.6 Å². The van der Waals surface area contributed by atoms with E-state index in [1.54, 1.807) is 31.5 Å². The highest BCUT2D eigenvalue weighted by Gasteiger charge is 2.01. The number of pyridine rings is 1. The van der Waals surface area contributed by atoms with Gasteiger partial charge in [0.25, 0.3) is 0 Å². The van der Waals surface area contributed by atoms with Crippen LogP contribution in [0, 0.1) is 11.3 Å². The lowest BCUT2D eigenvalue weighted by Gasteiger charge is -2.04. The van der Waals surface area contributed by atoms with Gasteiger partial charge >= 0.3 is 0 Å². The smallest absolute Gasteiger partial charge is 0.213 e. The summed E-state index contributed by atoms with van der Waals surface area (Å²) in [7, 11) is 1.57. The van der Waals surface area contributed by atoms with Crippen molar-refractivity contribution in [2.45, 2.75) is 6.54 Å². The van der Waals surface area contributed by atoms with Gasteiger partial charge in [0, 0.05) is 6.07 Å². The van der Waals surface area contributed by atoms with Gasteiger partial charge in [-0.2, -0.15) is 5.26 Å². The zero-order chi connectivity index (χ0) is 12.1. The largest absolute Gasteiger partial charge is 0.481 e. The molecule has 0 atom stereocenters. The quantitative estimate of drug-likeness (QED) is 0.869. The average Bonchev–Trinajstić information content (AvgIpc) is 2.85. The van der Waals surface area contributed by atoms with Gasteiger partial charge in [-0.1, -0.05) is 0 Å². The maximum Gasteiger partial charge on any atom is 0.213 e. The maximum absolute atomic E-state index is 8.61. The lowest BCUT2D eigenvalue weighted by Crippen LogP contribution is -1.98. The van der Waals surface area contributed by atoms with E-state index in [2.05, 4.69) is 10.3 Å². The number of methoxy groups -OCH3 is 1. The van der Waals surface area contributed by atoms with E-state index in [1.807, 2.05) is 12.1 Å². The topological polar surface area (TPSA) is 71.1 Å². The summed E-state index contributed by atoms with van der Waals surface area (Å²) in [5, 5.41) is 11.7. The second-order valence-corrected chi connectivity index (χ2v) is 3.32. The molecule has 0 unspecified atom stereocenters. The summed E-state index contributed by atoms with van der Waals surface area (Å²) < 4.78 is 10.2. The Morgan fingerprint density at radius 3 is 2.88 bits per heavy atom. The first-order valence-corrected chi connectivity index (χ1v) is 5.04. The number of hydrogen-bond donors (Lipinski definition) is 1. The molecule has 86 valence electrons. The van der Waals surface area contributed by atoms with Crippen LogP contribution in [-0.4, -0.2) is 12.1 Å². The van der Waals surface area contributed by atoms with Crippen molar-refractivity contribution in [2.75, 3.05) is 12.4 Å². The number of rotatable bonds is 4. The van der Waals surface area contributed by atoms with Crippen molar-refractivity contribution in [1.29, 1.82) is 5.26 Å². The van der Waals surface area contributed by atoms with Gasteiger partial charge in [0.1, 0.15) is 11.8 Å². The first kappa shape index (κ1) is 11.0. The Bertz CT molecular complexity index is 525. The van der Waals surface area contributed by atoms with Crippen molar-refractivity contribution >= 4 is 5.69 Å². The minimum atomic E-state index is 0.314. The van der Waals surface area contributed by atoms with E-state index >= 15 is 0 Å². The van der Waals surface area contributed by atoms with Crippen LogP contribution in [0.15, 0.2) is 34.9 Å². The van der Waals surface area contributed by atoms with Crippen LogP contribution in [0.3, 0.4) is 0 Å². The zero-order valence-corrected chi connectivity index (χ0v) is 9.30. The van der Waals surface area contributed by atoms with Crippen molar-refractivity contribution in [3.63, 3.8) is 0 Å². The number of nitriles is 1. The molecule has 0 fully saturated rings. The third kappa shape index (κ3) is 2.75. The van der Waals surface area contributed by atoms with Gasteiger partial charge in [-0.05, 0) is 18.2 Å². The zero-order valence-electron chi connectivity index (χ0n) is 9.30. The molecule has 0 bridgehead atoms. The van der Waals surface area contributed by atoms with E-state index < -0.39 is 0 Å². The molecular formula is C12H11N3O2. The van der Waals surface area contributed by atoms with Crippen LogP contribution in [0.25, 0.3) is 0 Å². The minimum Gasteiger partial charge on any atom is -0.481 e. The van der Waals surface area contributed by atoms with Gasteiger partial charge < -0.3 is 14.5 Å². The molecule has 1 N–H and O–H groups in total. The number of anilines is 1.